The first-order valence-electron chi connectivity index (χ1n) is 3.93. The molecule has 0 aliphatic rings. The van der Waals surface area contributed by atoms with Crippen LogP contribution in [-0.2, 0) is 0 Å². The predicted molar refractivity (Wildman–Crippen MR) is 53.4 cm³/mol. The third-order valence-corrected chi connectivity index (χ3v) is 2.05. The van der Waals surface area contributed by atoms with E-state index < -0.39 is 0 Å². The summed E-state index contributed by atoms with van der Waals surface area (Å²) >= 11 is 5.95. The Balaban J connectivity index is 3.16. The van der Waals surface area contributed by atoms with Gasteiger partial charge in [0.25, 0.3) is 0 Å². The minimum Gasteiger partial charge on any atom is -0.255 e. The van der Waals surface area contributed by atoms with E-state index in [4.69, 9.17) is 11.6 Å². The molecule has 2 heteroatoms. The van der Waals surface area contributed by atoms with E-state index in [9.17, 15) is 0 Å². The third-order valence-electron chi connectivity index (χ3n) is 1.74. The average molecular weight is 182 g/mol. The van der Waals surface area contributed by atoms with Gasteiger partial charge in [0.1, 0.15) is 0 Å². The molecule has 0 N–H and O–H groups in total. The van der Waals surface area contributed by atoms with Crippen LogP contribution in [0, 0.1) is 0 Å². The zero-order valence-corrected chi connectivity index (χ0v) is 8.10. The van der Waals surface area contributed by atoms with Gasteiger partial charge in [0.15, 0.2) is 0 Å². The summed E-state index contributed by atoms with van der Waals surface area (Å²) < 4.78 is 0. The van der Waals surface area contributed by atoms with Crippen molar-refractivity contribution in [3.8, 4) is 0 Å². The highest BCUT2D eigenvalue weighted by Gasteiger charge is 2.05. The summed E-state index contributed by atoms with van der Waals surface area (Å²) in [5, 5.41) is 0.732. The van der Waals surface area contributed by atoms with Crippen LogP contribution in [0.3, 0.4) is 0 Å². The fraction of sp³-hybridized carbons (Fsp3) is 0.300. The van der Waals surface area contributed by atoms with E-state index in [2.05, 4.69) is 25.4 Å². The van der Waals surface area contributed by atoms with Crippen LogP contribution in [0.1, 0.15) is 31.0 Å². The summed E-state index contributed by atoms with van der Waals surface area (Å²) in [6.07, 6.45) is 3.40. The first kappa shape index (κ1) is 9.27. The maximum Gasteiger partial charge on any atom is 0.0627 e. The molecule has 0 unspecified atom stereocenters. The standard InChI is InChI=1S/C10H12ClN/c1-4-8-5-9(7(2)3)10(11)6-12-8/h4-7H,1H2,2-3H3. The largest absolute Gasteiger partial charge is 0.255 e. The molecule has 64 valence electrons. The maximum atomic E-state index is 5.95. The van der Waals surface area contributed by atoms with Gasteiger partial charge in [-0.05, 0) is 23.6 Å². The normalized spacial score (nSPS) is 10.3. The number of hydrogen-bond donors (Lipinski definition) is 0. The lowest BCUT2D eigenvalue weighted by Gasteiger charge is -2.07. The molecule has 0 saturated carbocycles. The molecule has 0 atom stereocenters. The Bertz CT molecular complexity index is 292. The van der Waals surface area contributed by atoms with E-state index in [1.54, 1.807) is 12.3 Å². The molecule has 1 aromatic heterocycles. The first-order chi connectivity index (χ1) is 5.65. The lowest BCUT2D eigenvalue weighted by Crippen LogP contribution is -1.91. The van der Waals surface area contributed by atoms with Crippen LogP contribution < -0.4 is 0 Å². The molecule has 0 fully saturated rings. The zero-order valence-electron chi connectivity index (χ0n) is 7.34. The van der Waals surface area contributed by atoms with Gasteiger partial charge in [0.2, 0.25) is 0 Å². The van der Waals surface area contributed by atoms with Crippen LogP contribution in [0.5, 0.6) is 0 Å². The molecule has 0 aliphatic carbocycles. The van der Waals surface area contributed by atoms with E-state index in [0.29, 0.717) is 5.92 Å². The Morgan fingerprint density at radius 1 is 1.58 bits per heavy atom. The molecule has 1 heterocycles. The average Bonchev–Trinajstić information content (AvgIpc) is 2.05. The van der Waals surface area contributed by atoms with Crippen LogP contribution in [0.4, 0.5) is 0 Å². The molecule has 12 heavy (non-hydrogen) atoms. The molecule has 0 radical (unpaired) electrons. The highest BCUT2D eigenvalue weighted by molar-refractivity contribution is 6.31. The molecule has 0 spiro atoms. The molecule has 0 aromatic carbocycles. The van der Waals surface area contributed by atoms with Gasteiger partial charge in [-0.2, -0.15) is 0 Å². The molecule has 1 rings (SSSR count). The van der Waals surface area contributed by atoms with Crippen molar-refractivity contribution in [3.05, 3.63) is 35.1 Å². The Morgan fingerprint density at radius 3 is 2.75 bits per heavy atom. The number of rotatable bonds is 2. The smallest absolute Gasteiger partial charge is 0.0627 e. The van der Waals surface area contributed by atoms with Crippen LogP contribution in [0.2, 0.25) is 5.02 Å². The minimum atomic E-state index is 0.430. The van der Waals surface area contributed by atoms with Crippen molar-refractivity contribution in [2.45, 2.75) is 19.8 Å². The van der Waals surface area contributed by atoms with Crippen LogP contribution >= 0.6 is 11.6 Å². The minimum absolute atomic E-state index is 0.430. The number of aromatic nitrogens is 1. The van der Waals surface area contributed by atoms with Crippen molar-refractivity contribution in [2.75, 3.05) is 0 Å². The lowest BCUT2D eigenvalue weighted by atomic mass is 10.0. The van der Waals surface area contributed by atoms with Crippen molar-refractivity contribution in [3.63, 3.8) is 0 Å². The number of nitrogens with zero attached hydrogens (tertiary/aromatic N) is 1. The first-order valence-corrected chi connectivity index (χ1v) is 4.31. The molecule has 0 amide bonds. The van der Waals surface area contributed by atoms with E-state index in [1.807, 2.05) is 6.07 Å². The van der Waals surface area contributed by atoms with Gasteiger partial charge in [-0.3, -0.25) is 4.98 Å². The summed E-state index contributed by atoms with van der Waals surface area (Å²) in [4.78, 5) is 4.09. The fourth-order valence-electron chi connectivity index (χ4n) is 1.03. The molecule has 0 saturated heterocycles. The maximum absolute atomic E-state index is 5.95. The van der Waals surface area contributed by atoms with E-state index in [-0.39, 0.29) is 0 Å². The highest BCUT2D eigenvalue weighted by atomic mass is 35.5. The summed E-state index contributed by atoms with van der Waals surface area (Å²) in [6.45, 7) is 7.87. The van der Waals surface area contributed by atoms with E-state index in [0.717, 1.165) is 16.3 Å². The van der Waals surface area contributed by atoms with Crippen LogP contribution in [0.15, 0.2) is 18.8 Å². The Labute approximate surface area is 78.1 Å². The summed E-state index contributed by atoms with van der Waals surface area (Å²) in [6, 6.07) is 1.97. The molecule has 1 aromatic rings. The van der Waals surface area contributed by atoms with Crippen molar-refractivity contribution >= 4 is 17.7 Å². The summed E-state index contributed by atoms with van der Waals surface area (Å²) in [7, 11) is 0. The van der Waals surface area contributed by atoms with E-state index >= 15 is 0 Å². The molecule has 0 aliphatic heterocycles. The van der Waals surface area contributed by atoms with Gasteiger partial charge in [0.05, 0.1) is 10.7 Å². The summed E-state index contributed by atoms with van der Waals surface area (Å²) in [5.41, 5.74) is 2.00. The van der Waals surface area contributed by atoms with Crippen molar-refractivity contribution < 1.29 is 0 Å². The molecule has 0 bridgehead atoms. The molecular weight excluding hydrogens is 170 g/mol. The van der Waals surface area contributed by atoms with E-state index in [1.165, 1.54) is 0 Å². The topological polar surface area (TPSA) is 12.9 Å². The Morgan fingerprint density at radius 2 is 2.25 bits per heavy atom. The van der Waals surface area contributed by atoms with Gasteiger partial charge in [0, 0.05) is 6.20 Å². The van der Waals surface area contributed by atoms with Gasteiger partial charge in [-0.15, -0.1) is 0 Å². The van der Waals surface area contributed by atoms with Crippen LogP contribution in [0.25, 0.3) is 6.08 Å². The zero-order chi connectivity index (χ0) is 9.14. The van der Waals surface area contributed by atoms with Gasteiger partial charge in [-0.25, -0.2) is 0 Å². The Kier molecular flexibility index (Phi) is 2.88. The van der Waals surface area contributed by atoms with Crippen molar-refractivity contribution in [2.24, 2.45) is 0 Å². The van der Waals surface area contributed by atoms with Crippen molar-refractivity contribution in [1.29, 1.82) is 0 Å². The second-order valence-electron chi connectivity index (χ2n) is 2.99. The second kappa shape index (κ2) is 3.72. The fourth-order valence-corrected chi connectivity index (χ4v) is 1.35. The SMILES string of the molecule is C=Cc1cc(C(C)C)c(Cl)cn1. The van der Waals surface area contributed by atoms with Crippen LogP contribution in [-0.4, -0.2) is 4.98 Å². The van der Waals surface area contributed by atoms with Gasteiger partial charge in [-0.1, -0.05) is 32.0 Å². The Hall–Kier alpha value is -0.820. The monoisotopic (exact) mass is 181 g/mol. The number of halogens is 1. The predicted octanol–water partition coefficient (Wildman–Crippen LogP) is 3.50. The second-order valence-corrected chi connectivity index (χ2v) is 3.40. The number of pyridine rings is 1. The van der Waals surface area contributed by atoms with Gasteiger partial charge < -0.3 is 0 Å². The van der Waals surface area contributed by atoms with Crippen molar-refractivity contribution in [1.82, 2.24) is 4.98 Å². The molecular formula is C10H12ClN. The highest BCUT2D eigenvalue weighted by Crippen LogP contribution is 2.23. The summed E-state index contributed by atoms with van der Waals surface area (Å²) in [5.74, 6) is 0.430. The number of hydrogen-bond acceptors (Lipinski definition) is 1. The van der Waals surface area contributed by atoms with Gasteiger partial charge >= 0.3 is 0 Å². The molecule has 1 nitrogen and oxygen atoms in total. The quantitative estimate of drug-likeness (QED) is 0.681. The lowest BCUT2D eigenvalue weighted by molar-refractivity contribution is 0.862. The third kappa shape index (κ3) is 1.86.